The third-order valence-corrected chi connectivity index (χ3v) is 3.37. The molecule has 0 aliphatic carbocycles. The molecular weight excluding hydrogens is 318 g/mol. The van der Waals surface area contributed by atoms with Crippen molar-refractivity contribution in [3.8, 4) is 0 Å². The molecule has 1 aromatic heterocycles. The first-order valence-electron chi connectivity index (χ1n) is 7.65. The highest BCUT2D eigenvalue weighted by atomic mass is 16.6. The highest BCUT2D eigenvalue weighted by Crippen LogP contribution is 2.19. The average molecular weight is 337 g/mol. The third kappa shape index (κ3) is 4.42. The van der Waals surface area contributed by atoms with E-state index in [0.29, 0.717) is 19.8 Å². The molecule has 130 valence electrons. The van der Waals surface area contributed by atoms with Gasteiger partial charge in [-0.2, -0.15) is 0 Å². The number of ether oxygens (including phenoxy) is 1. The SMILES string of the molecule is CCCCOCCNC(=O)Cn1c(=O)oc2ccc([N+](=O)[O-])cc21. The summed E-state index contributed by atoms with van der Waals surface area (Å²) in [6.07, 6.45) is 2.00. The molecule has 0 aliphatic rings. The lowest BCUT2D eigenvalue weighted by molar-refractivity contribution is -0.384. The number of nitrogens with one attached hydrogen (secondary N) is 1. The topological polar surface area (TPSA) is 117 Å². The van der Waals surface area contributed by atoms with E-state index in [9.17, 15) is 19.7 Å². The van der Waals surface area contributed by atoms with Crippen molar-refractivity contribution in [1.82, 2.24) is 9.88 Å². The van der Waals surface area contributed by atoms with E-state index in [2.05, 4.69) is 12.2 Å². The first kappa shape index (κ1) is 17.7. The van der Waals surface area contributed by atoms with Gasteiger partial charge in [0.1, 0.15) is 6.54 Å². The summed E-state index contributed by atoms with van der Waals surface area (Å²) in [6, 6.07) is 3.79. The minimum Gasteiger partial charge on any atom is -0.408 e. The number of amides is 1. The number of carbonyl (C=O) groups is 1. The van der Waals surface area contributed by atoms with Crippen LogP contribution in [0.3, 0.4) is 0 Å². The molecule has 0 unspecified atom stereocenters. The Morgan fingerprint density at radius 3 is 2.92 bits per heavy atom. The zero-order valence-corrected chi connectivity index (χ0v) is 13.3. The Morgan fingerprint density at radius 2 is 2.21 bits per heavy atom. The quantitative estimate of drug-likeness (QED) is 0.420. The number of carbonyl (C=O) groups excluding carboxylic acids is 1. The van der Waals surface area contributed by atoms with Gasteiger partial charge in [-0.3, -0.25) is 19.5 Å². The zero-order valence-electron chi connectivity index (χ0n) is 13.3. The summed E-state index contributed by atoms with van der Waals surface area (Å²) in [5, 5.41) is 13.5. The molecule has 0 spiro atoms. The number of benzene rings is 1. The van der Waals surface area contributed by atoms with Gasteiger partial charge in [-0.1, -0.05) is 13.3 Å². The van der Waals surface area contributed by atoms with Crippen LogP contribution in [0.25, 0.3) is 11.1 Å². The number of rotatable bonds is 9. The maximum Gasteiger partial charge on any atom is 0.420 e. The highest BCUT2D eigenvalue weighted by molar-refractivity contribution is 5.80. The number of non-ortho nitro benzene ring substituents is 1. The van der Waals surface area contributed by atoms with Gasteiger partial charge >= 0.3 is 5.76 Å². The van der Waals surface area contributed by atoms with Gasteiger partial charge in [0.2, 0.25) is 5.91 Å². The molecule has 0 aliphatic heterocycles. The van der Waals surface area contributed by atoms with Crippen molar-refractivity contribution in [2.45, 2.75) is 26.3 Å². The number of fused-ring (bicyclic) bond motifs is 1. The minimum absolute atomic E-state index is 0.179. The predicted octanol–water partition coefficient (Wildman–Crippen LogP) is 1.44. The average Bonchev–Trinajstić information content (AvgIpc) is 2.86. The van der Waals surface area contributed by atoms with Crippen LogP contribution in [0, 0.1) is 10.1 Å². The van der Waals surface area contributed by atoms with E-state index in [0.717, 1.165) is 17.4 Å². The molecule has 9 heteroatoms. The van der Waals surface area contributed by atoms with Crippen molar-refractivity contribution in [3.05, 3.63) is 38.9 Å². The van der Waals surface area contributed by atoms with Crippen LogP contribution in [0.4, 0.5) is 5.69 Å². The van der Waals surface area contributed by atoms with E-state index < -0.39 is 16.6 Å². The van der Waals surface area contributed by atoms with Gasteiger partial charge in [0.05, 0.1) is 17.0 Å². The Hall–Kier alpha value is -2.68. The number of nitrogens with zero attached hydrogens (tertiary/aromatic N) is 2. The highest BCUT2D eigenvalue weighted by Gasteiger charge is 2.16. The van der Waals surface area contributed by atoms with Crippen LogP contribution in [-0.4, -0.2) is 35.2 Å². The summed E-state index contributed by atoms with van der Waals surface area (Å²) in [4.78, 5) is 34.0. The molecule has 9 nitrogen and oxygen atoms in total. The number of oxazole rings is 1. The maximum absolute atomic E-state index is 11.9. The number of nitro benzene ring substituents is 1. The van der Waals surface area contributed by atoms with Crippen LogP contribution >= 0.6 is 0 Å². The summed E-state index contributed by atoms with van der Waals surface area (Å²) in [6.45, 7) is 3.14. The molecule has 2 rings (SSSR count). The maximum atomic E-state index is 11.9. The molecule has 1 heterocycles. The molecule has 2 aromatic rings. The van der Waals surface area contributed by atoms with Gasteiger partial charge in [-0.15, -0.1) is 0 Å². The predicted molar refractivity (Wildman–Crippen MR) is 85.9 cm³/mol. The molecule has 0 bridgehead atoms. The lowest BCUT2D eigenvalue weighted by Crippen LogP contribution is -2.33. The van der Waals surface area contributed by atoms with Crippen LogP contribution in [0.5, 0.6) is 0 Å². The summed E-state index contributed by atoms with van der Waals surface area (Å²) >= 11 is 0. The van der Waals surface area contributed by atoms with Crippen molar-refractivity contribution < 1.29 is 18.9 Å². The number of nitro groups is 1. The lowest BCUT2D eigenvalue weighted by Gasteiger charge is -2.06. The molecule has 0 atom stereocenters. The van der Waals surface area contributed by atoms with Crippen LogP contribution in [-0.2, 0) is 16.1 Å². The number of hydrogen-bond donors (Lipinski definition) is 1. The minimum atomic E-state index is -0.736. The molecule has 0 radical (unpaired) electrons. The number of hydrogen-bond acceptors (Lipinski definition) is 6. The van der Waals surface area contributed by atoms with Gasteiger partial charge in [-0.25, -0.2) is 4.79 Å². The zero-order chi connectivity index (χ0) is 17.5. The second-order valence-electron chi connectivity index (χ2n) is 5.18. The largest absolute Gasteiger partial charge is 0.420 e. The summed E-state index contributed by atoms with van der Waals surface area (Å²) in [5.74, 6) is -1.13. The molecule has 1 amide bonds. The molecular formula is C15H19N3O6. The molecule has 0 saturated carbocycles. The Bertz CT molecular complexity index is 779. The van der Waals surface area contributed by atoms with E-state index in [4.69, 9.17) is 9.15 Å². The fourth-order valence-corrected chi connectivity index (χ4v) is 2.12. The van der Waals surface area contributed by atoms with Gasteiger partial charge in [0.15, 0.2) is 5.58 Å². The van der Waals surface area contributed by atoms with E-state index in [1.54, 1.807) is 0 Å². The van der Waals surface area contributed by atoms with E-state index in [1.165, 1.54) is 18.2 Å². The van der Waals surface area contributed by atoms with Crippen LogP contribution < -0.4 is 11.1 Å². The van der Waals surface area contributed by atoms with E-state index in [1.807, 2.05) is 0 Å². The third-order valence-electron chi connectivity index (χ3n) is 3.37. The van der Waals surface area contributed by atoms with Crippen molar-refractivity contribution in [2.24, 2.45) is 0 Å². The summed E-state index contributed by atoms with van der Waals surface area (Å²) in [5.41, 5.74) is 0.228. The van der Waals surface area contributed by atoms with Gasteiger partial charge in [0.25, 0.3) is 5.69 Å². The normalized spacial score (nSPS) is 10.9. The van der Waals surface area contributed by atoms with Gasteiger partial charge < -0.3 is 14.5 Å². The smallest absolute Gasteiger partial charge is 0.408 e. The summed E-state index contributed by atoms with van der Waals surface area (Å²) < 4.78 is 11.4. The fraction of sp³-hybridized carbons (Fsp3) is 0.467. The van der Waals surface area contributed by atoms with Crippen molar-refractivity contribution in [1.29, 1.82) is 0 Å². The van der Waals surface area contributed by atoms with Crippen LogP contribution in [0.1, 0.15) is 19.8 Å². The van der Waals surface area contributed by atoms with Crippen molar-refractivity contribution >= 4 is 22.7 Å². The molecule has 1 aromatic carbocycles. The summed E-state index contributed by atoms with van der Waals surface area (Å²) in [7, 11) is 0. The van der Waals surface area contributed by atoms with Crippen LogP contribution in [0.15, 0.2) is 27.4 Å². The van der Waals surface area contributed by atoms with E-state index >= 15 is 0 Å². The standard InChI is InChI=1S/C15H19N3O6/c1-2-3-7-23-8-6-16-14(19)10-17-12-9-11(18(21)22)4-5-13(12)24-15(17)20/h4-5,9H,2-3,6-8,10H2,1H3,(H,16,19). The van der Waals surface area contributed by atoms with Crippen molar-refractivity contribution in [2.75, 3.05) is 19.8 Å². The Labute approximate surface area is 137 Å². The van der Waals surface area contributed by atoms with Crippen molar-refractivity contribution in [3.63, 3.8) is 0 Å². The number of unbranched alkanes of at least 4 members (excludes halogenated alkanes) is 1. The Kier molecular flexibility index (Phi) is 6.07. The molecule has 0 fully saturated rings. The second-order valence-corrected chi connectivity index (χ2v) is 5.18. The Balaban J connectivity index is 2.00. The first-order chi connectivity index (χ1) is 11.5. The lowest BCUT2D eigenvalue weighted by atomic mass is 10.3. The first-order valence-corrected chi connectivity index (χ1v) is 7.65. The fourth-order valence-electron chi connectivity index (χ4n) is 2.12. The van der Waals surface area contributed by atoms with E-state index in [-0.39, 0.29) is 23.3 Å². The second kappa shape index (κ2) is 8.25. The number of aromatic nitrogens is 1. The van der Waals surface area contributed by atoms with Crippen LogP contribution in [0.2, 0.25) is 0 Å². The molecule has 1 N–H and O–H groups in total. The molecule has 0 saturated heterocycles. The van der Waals surface area contributed by atoms with Gasteiger partial charge in [0, 0.05) is 25.3 Å². The van der Waals surface area contributed by atoms with Gasteiger partial charge in [-0.05, 0) is 12.5 Å². The Morgan fingerprint density at radius 1 is 1.42 bits per heavy atom. The monoisotopic (exact) mass is 337 g/mol. The molecule has 24 heavy (non-hydrogen) atoms.